The Labute approximate surface area is 168 Å². The molecular formula is C23H32N2O3. The van der Waals surface area contributed by atoms with Crippen molar-refractivity contribution in [1.82, 2.24) is 10.2 Å². The number of aryl methyl sites for hydroxylation is 1. The molecule has 0 amide bonds. The lowest BCUT2D eigenvalue weighted by molar-refractivity contribution is 0.250. The molecule has 0 saturated carbocycles. The van der Waals surface area contributed by atoms with Crippen molar-refractivity contribution in [3.05, 3.63) is 52.6 Å². The van der Waals surface area contributed by atoms with Gasteiger partial charge in [-0.05, 0) is 61.8 Å². The predicted octanol–water partition coefficient (Wildman–Crippen LogP) is 3.44. The zero-order valence-corrected chi connectivity index (χ0v) is 17.7. The van der Waals surface area contributed by atoms with Crippen molar-refractivity contribution in [2.75, 3.05) is 48.0 Å². The summed E-state index contributed by atoms with van der Waals surface area (Å²) in [5.41, 5.74) is 5.01. The minimum Gasteiger partial charge on any atom is -0.496 e. The molecule has 0 bridgehead atoms. The molecule has 152 valence electrons. The van der Waals surface area contributed by atoms with Crippen molar-refractivity contribution in [2.24, 2.45) is 0 Å². The van der Waals surface area contributed by atoms with E-state index in [2.05, 4.69) is 47.5 Å². The van der Waals surface area contributed by atoms with Crippen LogP contribution < -0.4 is 19.5 Å². The first-order valence-corrected chi connectivity index (χ1v) is 9.95. The topological polar surface area (TPSA) is 43.0 Å². The van der Waals surface area contributed by atoms with Gasteiger partial charge in [-0.3, -0.25) is 0 Å². The third-order valence-corrected chi connectivity index (χ3v) is 5.29. The first-order chi connectivity index (χ1) is 13.6. The van der Waals surface area contributed by atoms with Crippen LogP contribution in [-0.4, -0.2) is 52.9 Å². The maximum atomic E-state index is 6.06. The number of fused-ring (bicyclic) bond motifs is 1. The molecule has 0 aromatic heterocycles. The molecule has 1 aliphatic rings. The van der Waals surface area contributed by atoms with Gasteiger partial charge in [-0.1, -0.05) is 19.1 Å². The van der Waals surface area contributed by atoms with Crippen LogP contribution in [-0.2, 0) is 12.8 Å². The second-order valence-corrected chi connectivity index (χ2v) is 7.42. The second-order valence-electron chi connectivity index (χ2n) is 7.42. The normalized spacial score (nSPS) is 16.0. The lowest BCUT2D eigenvalue weighted by Gasteiger charge is -2.30. The Morgan fingerprint density at radius 3 is 2.46 bits per heavy atom. The Bertz CT molecular complexity index is 805. The minimum absolute atomic E-state index is 0.0762. The van der Waals surface area contributed by atoms with E-state index in [1.54, 1.807) is 14.2 Å². The molecule has 1 aliphatic heterocycles. The molecule has 3 rings (SSSR count). The average Bonchev–Trinajstić information content (AvgIpc) is 2.72. The summed E-state index contributed by atoms with van der Waals surface area (Å²) in [5, 5.41) is 3.67. The molecule has 0 radical (unpaired) electrons. The largest absolute Gasteiger partial charge is 0.496 e. The van der Waals surface area contributed by atoms with E-state index in [1.165, 1.54) is 22.3 Å². The predicted molar refractivity (Wildman–Crippen MR) is 113 cm³/mol. The Morgan fingerprint density at radius 2 is 1.79 bits per heavy atom. The van der Waals surface area contributed by atoms with Gasteiger partial charge < -0.3 is 24.4 Å². The molecule has 5 heteroatoms. The van der Waals surface area contributed by atoms with Gasteiger partial charge in [0.1, 0.15) is 12.4 Å². The highest BCUT2D eigenvalue weighted by Gasteiger charge is 2.26. The van der Waals surface area contributed by atoms with Crippen LogP contribution in [0.3, 0.4) is 0 Å². The lowest BCUT2D eigenvalue weighted by atomic mass is 9.88. The maximum absolute atomic E-state index is 6.06. The zero-order valence-electron chi connectivity index (χ0n) is 17.7. The van der Waals surface area contributed by atoms with Crippen molar-refractivity contribution in [1.29, 1.82) is 0 Å². The fourth-order valence-corrected chi connectivity index (χ4v) is 3.68. The molecule has 2 aromatic rings. The number of nitrogens with one attached hydrogen (secondary N) is 1. The van der Waals surface area contributed by atoms with E-state index in [0.717, 1.165) is 43.2 Å². The van der Waals surface area contributed by atoms with Gasteiger partial charge in [-0.25, -0.2) is 0 Å². The van der Waals surface area contributed by atoms with Gasteiger partial charge >= 0.3 is 0 Å². The van der Waals surface area contributed by atoms with Crippen molar-refractivity contribution >= 4 is 0 Å². The molecule has 2 aromatic carbocycles. The van der Waals surface area contributed by atoms with Crippen molar-refractivity contribution < 1.29 is 14.2 Å². The standard InChI is InChI=1S/C23H32N2O3/c1-6-16-7-8-20(26-4)19(13-16)23-18-15-22(28-12-11-25(2)3)21(27-5)14-17(18)9-10-24-23/h7-8,13-15,23-24H,6,9-12H2,1-5H3. The van der Waals surface area contributed by atoms with Crippen molar-refractivity contribution in [3.8, 4) is 17.2 Å². The highest BCUT2D eigenvalue weighted by molar-refractivity contribution is 5.54. The van der Waals surface area contributed by atoms with E-state index in [-0.39, 0.29) is 6.04 Å². The van der Waals surface area contributed by atoms with E-state index in [1.807, 2.05) is 14.1 Å². The highest BCUT2D eigenvalue weighted by Crippen LogP contribution is 2.40. The van der Waals surface area contributed by atoms with Crippen LogP contribution in [0.1, 0.15) is 35.2 Å². The number of benzene rings is 2. The minimum atomic E-state index is 0.0762. The van der Waals surface area contributed by atoms with Crippen molar-refractivity contribution in [3.63, 3.8) is 0 Å². The van der Waals surface area contributed by atoms with Crippen molar-refractivity contribution in [2.45, 2.75) is 25.8 Å². The third-order valence-electron chi connectivity index (χ3n) is 5.29. The SMILES string of the molecule is CCc1ccc(OC)c(C2NCCc3cc(OC)c(OCCN(C)C)cc32)c1. The van der Waals surface area contributed by atoms with Gasteiger partial charge in [0.25, 0.3) is 0 Å². The summed E-state index contributed by atoms with van der Waals surface area (Å²) in [7, 11) is 7.52. The molecule has 0 fully saturated rings. The number of ether oxygens (including phenoxy) is 3. The van der Waals surface area contributed by atoms with E-state index < -0.39 is 0 Å². The van der Waals surface area contributed by atoms with Crippen LogP contribution in [0.2, 0.25) is 0 Å². The number of hydrogen-bond acceptors (Lipinski definition) is 5. The summed E-state index contributed by atoms with van der Waals surface area (Å²) in [6.07, 6.45) is 1.97. The fourth-order valence-electron chi connectivity index (χ4n) is 3.68. The monoisotopic (exact) mass is 384 g/mol. The van der Waals surface area contributed by atoms with Crippen LogP contribution in [0, 0.1) is 0 Å². The molecule has 0 spiro atoms. The van der Waals surface area contributed by atoms with Crippen LogP contribution in [0.25, 0.3) is 0 Å². The lowest BCUT2D eigenvalue weighted by Crippen LogP contribution is -2.31. The highest BCUT2D eigenvalue weighted by atomic mass is 16.5. The van der Waals surface area contributed by atoms with Gasteiger partial charge in [-0.15, -0.1) is 0 Å². The smallest absolute Gasteiger partial charge is 0.161 e. The first-order valence-electron chi connectivity index (χ1n) is 9.95. The summed E-state index contributed by atoms with van der Waals surface area (Å²) in [4.78, 5) is 2.11. The van der Waals surface area contributed by atoms with E-state index in [4.69, 9.17) is 14.2 Å². The first kappa shape index (κ1) is 20.5. The van der Waals surface area contributed by atoms with Gasteiger partial charge in [0.2, 0.25) is 0 Å². The zero-order chi connectivity index (χ0) is 20.1. The van der Waals surface area contributed by atoms with Crippen LogP contribution in [0.15, 0.2) is 30.3 Å². The quantitative estimate of drug-likeness (QED) is 0.755. The summed E-state index contributed by atoms with van der Waals surface area (Å²) in [6.45, 7) is 4.57. The van der Waals surface area contributed by atoms with Gasteiger partial charge in [0.15, 0.2) is 11.5 Å². The Kier molecular flexibility index (Phi) is 6.81. The third kappa shape index (κ3) is 4.42. The van der Waals surface area contributed by atoms with E-state index in [9.17, 15) is 0 Å². The molecule has 0 saturated heterocycles. The molecule has 1 heterocycles. The Morgan fingerprint density at radius 1 is 1.00 bits per heavy atom. The number of hydrogen-bond donors (Lipinski definition) is 1. The summed E-state index contributed by atoms with van der Waals surface area (Å²) in [6, 6.07) is 10.8. The van der Waals surface area contributed by atoms with E-state index in [0.29, 0.717) is 6.61 Å². The van der Waals surface area contributed by atoms with Gasteiger partial charge in [-0.2, -0.15) is 0 Å². The molecule has 1 unspecified atom stereocenters. The Hall–Kier alpha value is -2.24. The number of methoxy groups -OCH3 is 2. The second kappa shape index (κ2) is 9.30. The molecular weight excluding hydrogens is 352 g/mol. The summed E-state index contributed by atoms with van der Waals surface area (Å²) < 4.78 is 17.4. The van der Waals surface area contributed by atoms with E-state index >= 15 is 0 Å². The average molecular weight is 385 g/mol. The van der Waals surface area contributed by atoms with Crippen LogP contribution in [0.5, 0.6) is 17.2 Å². The number of likely N-dealkylation sites (N-methyl/N-ethyl adjacent to an activating group) is 1. The molecule has 0 aliphatic carbocycles. The number of rotatable bonds is 8. The van der Waals surface area contributed by atoms with Gasteiger partial charge in [0.05, 0.1) is 20.3 Å². The summed E-state index contributed by atoms with van der Waals surface area (Å²) in [5.74, 6) is 2.50. The summed E-state index contributed by atoms with van der Waals surface area (Å²) >= 11 is 0. The fraction of sp³-hybridized carbons (Fsp3) is 0.478. The van der Waals surface area contributed by atoms with Crippen LogP contribution in [0.4, 0.5) is 0 Å². The molecule has 5 nitrogen and oxygen atoms in total. The number of nitrogens with zero attached hydrogens (tertiary/aromatic N) is 1. The molecule has 28 heavy (non-hydrogen) atoms. The maximum Gasteiger partial charge on any atom is 0.161 e. The molecule has 1 N–H and O–H groups in total. The molecule has 1 atom stereocenters. The Balaban J connectivity index is 2.00. The van der Waals surface area contributed by atoms with Crippen LogP contribution >= 0.6 is 0 Å². The van der Waals surface area contributed by atoms with Gasteiger partial charge in [0, 0.05) is 18.7 Å².